The lowest BCUT2D eigenvalue weighted by atomic mass is 10.4. The minimum absolute atomic E-state index is 0.000278. The van der Waals surface area contributed by atoms with Crippen molar-refractivity contribution in [3.63, 3.8) is 0 Å². The van der Waals surface area contributed by atoms with Crippen LogP contribution in [0.25, 0.3) is 0 Å². The molecule has 11 heavy (non-hydrogen) atoms. The molecule has 0 saturated heterocycles. The summed E-state index contributed by atoms with van der Waals surface area (Å²) in [7, 11) is 0. The fraction of sp³-hybridized carbons (Fsp3) is 0.167. The van der Waals surface area contributed by atoms with Gasteiger partial charge in [0.15, 0.2) is 5.75 Å². The monoisotopic (exact) mass is 153 g/mol. The first-order valence-corrected chi connectivity index (χ1v) is 2.96. The number of nitrogens with zero attached hydrogens (tertiary/aromatic N) is 2. The van der Waals surface area contributed by atoms with Gasteiger partial charge in [-0.1, -0.05) is 0 Å². The van der Waals surface area contributed by atoms with Gasteiger partial charge in [-0.2, -0.15) is 0 Å². The number of aromatic nitrogens is 2. The van der Waals surface area contributed by atoms with Crippen LogP contribution in [-0.2, 0) is 11.2 Å². The highest BCUT2D eigenvalue weighted by Gasteiger charge is 1.99. The first-order valence-electron chi connectivity index (χ1n) is 2.96. The van der Waals surface area contributed by atoms with Crippen LogP contribution < -0.4 is 5.73 Å². The molecule has 5 nitrogen and oxygen atoms in total. The van der Waals surface area contributed by atoms with Crippen LogP contribution in [0.1, 0.15) is 5.82 Å². The Morgan fingerprint density at radius 3 is 2.55 bits per heavy atom. The second-order valence-corrected chi connectivity index (χ2v) is 2.00. The van der Waals surface area contributed by atoms with Crippen molar-refractivity contribution in [1.82, 2.24) is 9.97 Å². The number of carbonyl (C=O) groups is 1. The van der Waals surface area contributed by atoms with Gasteiger partial charge < -0.3 is 10.8 Å². The van der Waals surface area contributed by atoms with Crippen LogP contribution in [0.2, 0.25) is 0 Å². The van der Waals surface area contributed by atoms with Gasteiger partial charge in [-0.05, 0) is 0 Å². The summed E-state index contributed by atoms with van der Waals surface area (Å²) < 4.78 is 0. The molecular formula is C6H7N3O2. The van der Waals surface area contributed by atoms with Crippen molar-refractivity contribution in [1.29, 1.82) is 0 Å². The Kier molecular flexibility index (Phi) is 2.00. The summed E-state index contributed by atoms with van der Waals surface area (Å²) in [6, 6.07) is 0. The maximum absolute atomic E-state index is 10.3. The third-order valence-electron chi connectivity index (χ3n) is 1.02. The van der Waals surface area contributed by atoms with Gasteiger partial charge in [0, 0.05) is 0 Å². The summed E-state index contributed by atoms with van der Waals surface area (Å²) in [5.74, 6) is -0.204. The summed E-state index contributed by atoms with van der Waals surface area (Å²) in [5.41, 5.74) is 4.88. The van der Waals surface area contributed by atoms with Gasteiger partial charge in [-0.25, -0.2) is 9.97 Å². The molecule has 0 fully saturated rings. The number of aromatic hydroxyl groups is 1. The number of rotatable bonds is 2. The molecule has 0 aromatic carbocycles. The number of amides is 1. The zero-order valence-electron chi connectivity index (χ0n) is 5.69. The normalized spacial score (nSPS) is 9.45. The molecule has 1 rings (SSSR count). The highest BCUT2D eigenvalue weighted by atomic mass is 16.3. The molecule has 0 atom stereocenters. The first kappa shape index (κ1) is 7.46. The maximum Gasteiger partial charge on any atom is 0.225 e. The van der Waals surface area contributed by atoms with E-state index in [1.807, 2.05) is 0 Å². The van der Waals surface area contributed by atoms with Gasteiger partial charge in [0.05, 0.1) is 18.8 Å². The summed E-state index contributed by atoms with van der Waals surface area (Å²) >= 11 is 0. The van der Waals surface area contributed by atoms with E-state index in [2.05, 4.69) is 9.97 Å². The van der Waals surface area contributed by atoms with E-state index < -0.39 is 5.91 Å². The van der Waals surface area contributed by atoms with E-state index in [-0.39, 0.29) is 12.2 Å². The molecule has 0 aliphatic rings. The molecule has 1 heterocycles. The predicted molar refractivity (Wildman–Crippen MR) is 36.6 cm³/mol. The summed E-state index contributed by atoms with van der Waals surface area (Å²) in [5, 5.41) is 8.75. The van der Waals surface area contributed by atoms with Crippen molar-refractivity contribution < 1.29 is 9.90 Å². The molecule has 0 radical (unpaired) electrons. The molecule has 58 valence electrons. The third-order valence-corrected chi connectivity index (χ3v) is 1.02. The van der Waals surface area contributed by atoms with Gasteiger partial charge in [-0.3, -0.25) is 4.79 Å². The van der Waals surface area contributed by atoms with E-state index in [0.717, 1.165) is 0 Å². The number of hydrogen-bond donors (Lipinski definition) is 2. The van der Waals surface area contributed by atoms with E-state index in [1.165, 1.54) is 12.4 Å². The van der Waals surface area contributed by atoms with Crippen LogP contribution in [-0.4, -0.2) is 21.0 Å². The molecule has 0 bridgehead atoms. The highest BCUT2D eigenvalue weighted by molar-refractivity contribution is 5.75. The topological polar surface area (TPSA) is 89.1 Å². The van der Waals surface area contributed by atoms with E-state index in [4.69, 9.17) is 10.8 Å². The SMILES string of the molecule is NC(=O)Cc1ncc(O)cn1. The van der Waals surface area contributed by atoms with Crippen LogP contribution in [0.5, 0.6) is 5.75 Å². The average Bonchev–Trinajstić information content (AvgIpc) is 1.93. The zero-order chi connectivity index (χ0) is 8.27. The third kappa shape index (κ3) is 2.21. The lowest BCUT2D eigenvalue weighted by Gasteiger charge is -1.94. The summed E-state index contributed by atoms with van der Waals surface area (Å²) in [6.45, 7) is 0. The number of nitrogens with two attached hydrogens (primary N) is 1. The Balaban J connectivity index is 2.74. The van der Waals surface area contributed by atoms with Crippen molar-refractivity contribution in [3.05, 3.63) is 18.2 Å². The lowest BCUT2D eigenvalue weighted by Crippen LogP contribution is -2.15. The average molecular weight is 153 g/mol. The molecule has 0 aliphatic carbocycles. The number of carbonyl (C=O) groups excluding carboxylic acids is 1. The predicted octanol–water partition coefficient (Wildman–Crippen LogP) is -0.790. The minimum atomic E-state index is -0.490. The van der Waals surface area contributed by atoms with Gasteiger partial charge in [0.25, 0.3) is 0 Å². The first-order chi connectivity index (χ1) is 5.18. The molecule has 1 amide bonds. The molecule has 1 aromatic heterocycles. The van der Waals surface area contributed by atoms with Crippen molar-refractivity contribution in [3.8, 4) is 5.75 Å². The van der Waals surface area contributed by atoms with Crippen molar-refractivity contribution in [2.24, 2.45) is 5.73 Å². The van der Waals surface area contributed by atoms with Crippen LogP contribution in [0.3, 0.4) is 0 Å². The summed E-state index contributed by atoms with van der Waals surface area (Å²) in [6.07, 6.45) is 2.43. The molecule has 3 N–H and O–H groups in total. The van der Waals surface area contributed by atoms with Crippen molar-refractivity contribution >= 4 is 5.91 Å². The molecule has 1 aromatic rings. The van der Waals surface area contributed by atoms with E-state index in [1.54, 1.807) is 0 Å². The van der Waals surface area contributed by atoms with Gasteiger partial charge >= 0.3 is 0 Å². The second-order valence-electron chi connectivity index (χ2n) is 2.00. The van der Waals surface area contributed by atoms with E-state index in [9.17, 15) is 4.79 Å². The largest absolute Gasteiger partial charge is 0.505 e. The van der Waals surface area contributed by atoms with E-state index in [0.29, 0.717) is 5.82 Å². The highest BCUT2D eigenvalue weighted by Crippen LogP contribution is 2.01. The van der Waals surface area contributed by atoms with Crippen LogP contribution in [0.4, 0.5) is 0 Å². The fourth-order valence-corrected chi connectivity index (χ4v) is 0.595. The molecule has 0 aliphatic heterocycles. The number of primary amides is 1. The standard InChI is InChI=1S/C6H7N3O2/c7-5(11)1-6-8-2-4(10)3-9-6/h2-3,10H,1H2,(H2,7,11). The molecule has 5 heteroatoms. The molecule has 0 spiro atoms. The van der Waals surface area contributed by atoms with Gasteiger partial charge in [0.2, 0.25) is 5.91 Å². The van der Waals surface area contributed by atoms with E-state index >= 15 is 0 Å². The smallest absolute Gasteiger partial charge is 0.225 e. The lowest BCUT2D eigenvalue weighted by molar-refractivity contribution is -0.117. The van der Waals surface area contributed by atoms with Gasteiger partial charge in [-0.15, -0.1) is 0 Å². The zero-order valence-corrected chi connectivity index (χ0v) is 5.69. The van der Waals surface area contributed by atoms with Crippen molar-refractivity contribution in [2.75, 3.05) is 0 Å². The fourth-order valence-electron chi connectivity index (χ4n) is 0.595. The maximum atomic E-state index is 10.3. The Morgan fingerprint density at radius 1 is 1.55 bits per heavy atom. The quantitative estimate of drug-likeness (QED) is 0.582. The Morgan fingerprint density at radius 2 is 2.09 bits per heavy atom. The molecular weight excluding hydrogens is 146 g/mol. The van der Waals surface area contributed by atoms with Crippen molar-refractivity contribution in [2.45, 2.75) is 6.42 Å². The Hall–Kier alpha value is -1.65. The van der Waals surface area contributed by atoms with Crippen LogP contribution in [0, 0.1) is 0 Å². The number of hydrogen-bond acceptors (Lipinski definition) is 4. The second kappa shape index (κ2) is 2.96. The molecule has 0 saturated carbocycles. The Labute approximate surface area is 62.9 Å². The van der Waals surface area contributed by atoms with Gasteiger partial charge in [0.1, 0.15) is 5.82 Å². The van der Waals surface area contributed by atoms with Crippen LogP contribution in [0.15, 0.2) is 12.4 Å². The van der Waals surface area contributed by atoms with Crippen LogP contribution >= 0.6 is 0 Å². The Bertz CT molecular complexity index is 257. The minimum Gasteiger partial charge on any atom is -0.505 e. The summed E-state index contributed by atoms with van der Waals surface area (Å²) in [4.78, 5) is 17.6. The molecule has 0 unspecified atom stereocenters.